The Bertz CT molecular complexity index is 2170. The van der Waals surface area contributed by atoms with E-state index in [1.165, 1.54) is 22.3 Å². The van der Waals surface area contributed by atoms with Crippen molar-refractivity contribution in [3.63, 3.8) is 0 Å². The van der Waals surface area contributed by atoms with E-state index in [9.17, 15) is 0 Å². The first-order valence-electron chi connectivity index (χ1n) is 15.2. The summed E-state index contributed by atoms with van der Waals surface area (Å²) in [5.74, 6) is 1.94. The molecule has 1 aliphatic rings. The van der Waals surface area contributed by atoms with Crippen LogP contribution in [0.15, 0.2) is 146 Å². The van der Waals surface area contributed by atoms with Gasteiger partial charge >= 0.3 is 0 Å². The van der Waals surface area contributed by atoms with Crippen molar-refractivity contribution in [2.45, 2.75) is 19.3 Å². The van der Waals surface area contributed by atoms with E-state index in [0.717, 1.165) is 39.1 Å². The number of pyridine rings is 1. The minimum Gasteiger partial charge on any atom is -0.256 e. The summed E-state index contributed by atoms with van der Waals surface area (Å²) in [4.78, 5) is 19.9. The van der Waals surface area contributed by atoms with Crippen LogP contribution < -0.4 is 0 Å². The Morgan fingerprint density at radius 1 is 0.422 bits per heavy atom. The maximum atomic E-state index is 5.17. The van der Waals surface area contributed by atoms with Crippen LogP contribution in [0.1, 0.15) is 25.0 Å². The van der Waals surface area contributed by atoms with Crippen molar-refractivity contribution >= 4 is 0 Å². The Hall–Kier alpha value is -5.74. The highest BCUT2D eigenvalue weighted by Crippen LogP contribution is 2.51. The van der Waals surface area contributed by atoms with Crippen LogP contribution in [-0.4, -0.2) is 19.9 Å². The summed E-state index contributed by atoms with van der Waals surface area (Å²) in [5, 5.41) is 0. The number of fused-ring (bicyclic) bond motifs is 3. The smallest absolute Gasteiger partial charge is 0.164 e. The number of nitrogens with zero attached hydrogens (tertiary/aromatic N) is 4. The van der Waals surface area contributed by atoms with E-state index in [2.05, 4.69) is 134 Å². The zero-order valence-corrected chi connectivity index (χ0v) is 25.1. The van der Waals surface area contributed by atoms with Crippen LogP contribution in [0, 0.1) is 0 Å². The SMILES string of the molecule is CC1(C)c2ccccc2-c2c(-c3nc(-c4ccc(-c5ccccn5)cc4)nc(-c4cccc(-c5ccccc5)c4)n3)cccc21. The minimum absolute atomic E-state index is 0.119. The predicted octanol–water partition coefficient (Wildman–Crippen LogP) is 9.91. The van der Waals surface area contributed by atoms with Crippen molar-refractivity contribution < 1.29 is 0 Å². The van der Waals surface area contributed by atoms with Crippen LogP contribution in [-0.2, 0) is 5.41 Å². The van der Waals surface area contributed by atoms with Gasteiger partial charge in [-0.1, -0.05) is 135 Å². The fraction of sp³-hybridized carbons (Fsp3) is 0.0732. The van der Waals surface area contributed by atoms with Gasteiger partial charge in [0.2, 0.25) is 0 Å². The molecule has 45 heavy (non-hydrogen) atoms. The second kappa shape index (κ2) is 10.8. The Morgan fingerprint density at radius 3 is 1.82 bits per heavy atom. The lowest BCUT2D eigenvalue weighted by molar-refractivity contribution is 0.660. The van der Waals surface area contributed by atoms with Gasteiger partial charge in [-0.2, -0.15) is 0 Å². The highest BCUT2D eigenvalue weighted by molar-refractivity contribution is 5.91. The topological polar surface area (TPSA) is 51.6 Å². The van der Waals surface area contributed by atoms with Gasteiger partial charge in [0, 0.05) is 33.9 Å². The number of rotatable bonds is 5. The van der Waals surface area contributed by atoms with Crippen LogP contribution in [0.5, 0.6) is 0 Å². The average Bonchev–Trinajstić information content (AvgIpc) is 3.35. The summed E-state index contributed by atoms with van der Waals surface area (Å²) < 4.78 is 0. The molecule has 7 aromatic rings. The monoisotopic (exact) mass is 578 g/mol. The number of hydrogen-bond acceptors (Lipinski definition) is 4. The van der Waals surface area contributed by atoms with E-state index in [1.807, 2.05) is 30.5 Å². The lowest BCUT2D eigenvalue weighted by atomic mass is 9.82. The van der Waals surface area contributed by atoms with Crippen LogP contribution in [0.3, 0.4) is 0 Å². The van der Waals surface area contributed by atoms with E-state index in [1.54, 1.807) is 0 Å². The Morgan fingerprint density at radius 2 is 1.02 bits per heavy atom. The maximum absolute atomic E-state index is 5.17. The molecule has 4 heteroatoms. The van der Waals surface area contributed by atoms with Gasteiger partial charge in [-0.05, 0) is 51.6 Å². The average molecular weight is 579 g/mol. The number of aromatic nitrogens is 4. The lowest BCUT2D eigenvalue weighted by Crippen LogP contribution is -2.14. The zero-order chi connectivity index (χ0) is 30.4. The summed E-state index contributed by atoms with van der Waals surface area (Å²) in [6, 6.07) is 48.3. The van der Waals surface area contributed by atoms with E-state index >= 15 is 0 Å². The van der Waals surface area contributed by atoms with Crippen molar-refractivity contribution in [1.29, 1.82) is 0 Å². The number of hydrogen-bond donors (Lipinski definition) is 0. The first-order valence-corrected chi connectivity index (χ1v) is 15.2. The van der Waals surface area contributed by atoms with E-state index in [0.29, 0.717) is 17.5 Å². The second-order valence-corrected chi connectivity index (χ2v) is 11.9. The van der Waals surface area contributed by atoms with Crippen LogP contribution in [0.4, 0.5) is 0 Å². The van der Waals surface area contributed by atoms with Crippen molar-refractivity contribution in [1.82, 2.24) is 19.9 Å². The molecule has 0 unspecified atom stereocenters. The molecule has 0 amide bonds. The lowest BCUT2D eigenvalue weighted by Gasteiger charge is -2.21. The molecule has 2 heterocycles. The molecule has 5 aromatic carbocycles. The first-order chi connectivity index (χ1) is 22.1. The molecule has 8 rings (SSSR count). The van der Waals surface area contributed by atoms with Gasteiger partial charge in [-0.15, -0.1) is 0 Å². The maximum Gasteiger partial charge on any atom is 0.164 e. The van der Waals surface area contributed by atoms with Gasteiger partial charge < -0.3 is 0 Å². The molecule has 0 spiro atoms. The molecule has 0 bridgehead atoms. The van der Waals surface area contributed by atoms with Crippen molar-refractivity contribution in [2.75, 3.05) is 0 Å². The molecule has 0 aliphatic heterocycles. The van der Waals surface area contributed by atoms with Gasteiger partial charge in [0.25, 0.3) is 0 Å². The zero-order valence-electron chi connectivity index (χ0n) is 25.1. The summed E-state index contributed by atoms with van der Waals surface area (Å²) in [5.41, 5.74) is 12.1. The molecule has 2 aromatic heterocycles. The Labute approximate surface area is 263 Å². The van der Waals surface area contributed by atoms with Gasteiger partial charge in [0.15, 0.2) is 17.5 Å². The van der Waals surface area contributed by atoms with Crippen molar-refractivity contribution in [3.8, 4) is 67.7 Å². The molecule has 0 radical (unpaired) electrons. The first kappa shape index (κ1) is 26.9. The molecule has 214 valence electrons. The van der Waals surface area contributed by atoms with E-state index in [4.69, 9.17) is 15.0 Å². The fourth-order valence-corrected chi connectivity index (χ4v) is 6.49. The molecule has 1 aliphatic carbocycles. The second-order valence-electron chi connectivity index (χ2n) is 11.9. The highest BCUT2D eigenvalue weighted by Gasteiger charge is 2.37. The van der Waals surface area contributed by atoms with E-state index in [-0.39, 0.29) is 5.41 Å². The van der Waals surface area contributed by atoms with Gasteiger partial charge in [0.05, 0.1) is 5.69 Å². The van der Waals surface area contributed by atoms with Gasteiger partial charge in [-0.3, -0.25) is 4.98 Å². The molecule has 0 saturated carbocycles. The third-order valence-electron chi connectivity index (χ3n) is 8.82. The quantitative estimate of drug-likeness (QED) is 0.204. The summed E-state index contributed by atoms with van der Waals surface area (Å²) in [7, 11) is 0. The molecule has 0 atom stereocenters. The third-order valence-corrected chi connectivity index (χ3v) is 8.82. The summed E-state index contributed by atoms with van der Waals surface area (Å²) >= 11 is 0. The van der Waals surface area contributed by atoms with Gasteiger partial charge in [0.1, 0.15) is 0 Å². The number of benzene rings is 5. The Balaban J connectivity index is 1.32. The van der Waals surface area contributed by atoms with E-state index < -0.39 is 0 Å². The molecular formula is C41H30N4. The van der Waals surface area contributed by atoms with Crippen molar-refractivity contribution in [3.05, 3.63) is 157 Å². The molecule has 0 saturated heterocycles. The summed E-state index contributed by atoms with van der Waals surface area (Å²) in [6.45, 7) is 4.59. The molecule has 0 fully saturated rings. The largest absolute Gasteiger partial charge is 0.256 e. The van der Waals surface area contributed by atoms with Gasteiger partial charge in [-0.25, -0.2) is 15.0 Å². The van der Waals surface area contributed by atoms with Crippen LogP contribution >= 0.6 is 0 Å². The minimum atomic E-state index is -0.119. The van der Waals surface area contributed by atoms with Crippen molar-refractivity contribution in [2.24, 2.45) is 0 Å². The summed E-state index contributed by atoms with van der Waals surface area (Å²) in [6.07, 6.45) is 1.81. The molecular weight excluding hydrogens is 548 g/mol. The standard InChI is InChI=1S/C41H30N4/c1-41(2)34-18-7-6-16-32(34)37-33(17-11-19-35(37)41)40-44-38(29-23-21-28(22-24-29)36-20-8-9-25-42-36)43-39(45-40)31-15-10-14-30(26-31)27-12-4-3-5-13-27/h3-26H,1-2H3. The third kappa shape index (κ3) is 4.72. The predicted molar refractivity (Wildman–Crippen MR) is 182 cm³/mol. The van der Waals surface area contributed by atoms with Crippen LogP contribution in [0.25, 0.3) is 67.7 Å². The Kier molecular flexibility index (Phi) is 6.42. The normalized spacial score (nSPS) is 12.8. The highest BCUT2D eigenvalue weighted by atomic mass is 15.0. The molecule has 0 N–H and O–H groups in total. The molecule has 4 nitrogen and oxygen atoms in total. The fourth-order valence-electron chi connectivity index (χ4n) is 6.49. The van der Waals surface area contributed by atoms with Crippen LogP contribution in [0.2, 0.25) is 0 Å².